The number of nitrogens with zero attached hydrogens (tertiary/aromatic N) is 2. The number of carbonyl (C=O) groups is 2. The first kappa shape index (κ1) is 18.0. The first-order chi connectivity index (χ1) is 12.0. The lowest BCUT2D eigenvalue weighted by molar-refractivity contribution is -0.139. The van der Waals surface area contributed by atoms with Crippen molar-refractivity contribution in [1.82, 2.24) is 9.80 Å². The first-order valence-corrected chi connectivity index (χ1v) is 8.52. The normalized spacial score (nSPS) is 23.8. The van der Waals surface area contributed by atoms with Crippen molar-refractivity contribution in [3.05, 3.63) is 28.8 Å². The summed E-state index contributed by atoms with van der Waals surface area (Å²) in [6, 6.07) is 4.82. The fourth-order valence-electron chi connectivity index (χ4n) is 3.48. The maximum Gasteiger partial charge on any atom is 0.317 e. The van der Waals surface area contributed by atoms with Crippen LogP contribution in [-0.2, 0) is 9.53 Å². The zero-order valence-electron chi connectivity index (χ0n) is 14.0. The van der Waals surface area contributed by atoms with Gasteiger partial charge in [-0.25, -0.2) is 0 Å². The molecule has 2 aliphatic heterocycles. The van der Waals surface area contributed by atoms with Gasteiger partial charge in [-0.1, -0.05) is 11.6 Å². The second kappa shape index (κ2) is 7.59. The standard InChI is InChI=1S/C17H21ClN2O5/c1-24-15-3-2-12(18)4-14(15)17(23)20-6-11-5-19(8-16(21)22)13(7-20)10-25-9-11/h2-4,11,13H,5-10H2,1H3,(H,21,22)/t11-,13+/m1/s1. The van der Waals surface area contributed by atoms with Crippen LogP contribution in [0.1, 0.15) is 10.4 Å². The summed E-state index contributed by atoms with van der Waals surface area (Å²) >= 11 is 6.05. The molecule has 1 aromatic carbocycles. The maximum atomic E-state index is 13.1. The topological polar surface area (TPSA) is 79.3 Å². The van der Waals surface area contributed by atoms with Crippen molar-refractivity contribution in [2.75, 3.05) is 46.5 Å². The van der Waals surface area contributed by atoms with Crippen LogP contribution in [0.2, 0.25) is 5.02 Å². The highest BCUT2D eigenvalue weighted by atomic mass is 35.5. The fraction of sp³-hybridized carbons (Fsp3) is 0.529. The van der Waals surface area contributed by atoms with Crippen molar-refractivity contribution >= 4 is 23.5 Å². The first-order valence-electron chi connectivity index (χ1n) is 8.14. The minimum Gasteiger partial charge on any atom is -0.496 e. The lowest BCUT2D eigenvalue weighted by Gasteiger charge is -2.31. The van der Waals surface area contributed by atoms with E-state index in [4.69, 9.17) is 26.2 Å². The molecule has 7 nitrogen and oxygen atoms in total. The van der Waals surface area contributed by atoms with Crippen LogP contribution in [0, 0.1) is 5.92 Å². The molecule has 0 aromatic heterocycles. The summed E-state index contributed by atoms with van der Waals surface area (Å²) in [5.74, 6) is -0.487. The van der Waals surface area contributed by atoms with E-state index in [0.717, 1.165) is 0 Å². The summed E-state index contributed by atoms with van der Waals surface area (Å²) in [5.41, 5.74) is 0.417. The number of benzene rings is 1. The number of carbonyl (C=O) groups excluding carboxylic acids is 1. The molecule has 3 rings (SSSR count). The summed E-state index contributed by atoms with van der Waals surface area (Å²) in [6.45, 7) is 2.42. The molecule has 0 spiro atoms. The zero-order chi connectivity index (χ0) is 18.0. The molecular formula is C17H21ClN2O5. The molecule has 0 unspecified atom stereocenters. The highest BCUT2D eigenvalue weighted by Crippen LogP contribution is 2.27. The van der Waals surface area contributed by atoms with Crippen molar-refractivity contribution in [2.45, 2.75) is 6.04 Å². The Balaban J connectivity index is 1.85. The Kier molecular flexibility index (Phi) is 5.46. The number of carboxylic acids is 1. The minimum atomic E-state index is -0.873. The molecule has 2 heterocycles. The molecule has 1 N–H and O–H groups in total. The van der Waals surface area contributed by atoms with E-state index in [0.29, 0.717) is 49.2 Å². The van der Waals surface area contributed by atoms with Gasteiger partial charge >= 0.3 is 5.97 Å². The Hall–Kier alpha value is -1.83. The van der Waals surface area contributed by atoms with E-state index in [-0.39, 0.29) is 24.4 Å². The minimum absolute atomic E-state index is 0.0486. The molecule has 2 saturated heterocycles. The Bertz CT molecular complexity index is 668. The van der Waals surface area contributed by atoms with Gasteiger partial charge < -0.3 is 19.5 Å². The number of hydrogen-bond donors (Lipinski definition) is 1. The summed E-state index contributed by atoms with van der Waals surface area (Å²) < 4.78 is 10.9. The van der Waals surface area contributed by atoms with Gasteiger partial charge in [0.25, 0.3) is 5.91 Å². The van der Waals surface area contributed by atoms with Crippen LogP contribution < -0.4 is 4.74 Å². The molecule has 0 saturated carbocycles. The van der Waals surface area contributed by atoms with Crippen LogP contribution in [0.15, 0.2) is 18.2 Å². The highest BCUT2D eigenvalue weighted by Gasteiger charge is 2.36. The van der Waals surface area contributed by atoms with E-state index in [9.17, 15) is 9.59 Å². The molecule has 0 radical (unpaired) electrons. The summed E-state index contributed by atoms with van der Waals surface area (Å²) in [6.07, 6.45) is 0. The van der Waals surface area contributed by atoms with Gasteiger partial charge in [0.05, 0.1) is 38.5 Å². The van der Waals surface area contributed by atoms with Gasteiger partial charge in [0.15, 0.2) is 0 Å². The molecule has 2 fully saturated rings. The summed E-state index contributed by atoms with van der Waals surface area (Å²) in [7, 11) is 1.51. The average Bonchev–Trinajstić information content (AvgIpc) is 2.83. The van der Waals surface area contributed by atoms with Gasteiger partial charge in [0.2, 0.25) is 0 Å². The van der Waals surface area contributed by atoms with Crippen molar-refractivity contribution in [1.29, 1.82) is 0 Å². The van der Waals surface area contributed by atoms with Gasteiger partial charge in [-0.2, -0.15) is 0 Å². The van der Waals surface area contributed by atoms with E-state index in [1.807, 2.05) is 4.90 Å². The second-order valence-electron chi connectivity index (χ2n) is 6.44. The van der Waals surface area contributed by atoms with E-state index in [1.165, 1.54) is 7.11 Å². The molecule has 25 heavy (non-hydrogen) atoms. The van der Waals surface area contributed by atoms with Crippen LogP contribution >= 0.6 is 11.6 Å². The number of rotatable bonds is 4. The number of aliphatic carboxylic acids is 1. The Morgan fingerprint density at radius 1 is 1.32 bits per heavy atom. The predicted octanol–water partition coefficient (Wildman–Crippen LogP) is 1.21. The average molecular weight is 369 g/mol. The van der Waals surface area contributed by atoms with Crippen molar-refractivity contribution in [2.24, 2.45) is 5.92 Å². The predicted molar refractivity (Wildman–Crippen MR) is 91.2 cm³/mol. The quantitative estimate of drug-likeness (QED) is 0.860. The molecule has 8 heteroatoms. The third-order valence-electron chi connectivity index (χ3n) is 4.60. The lowest BCUT2D eigenvalue weighted by Crippen LogP contribution is -2.47. The molecule has 2 atom stereocenters. The number of hydrogen-bond acceptors (Lipinski definition) is 5. The number of methoxy groups -OCH3 is 1. The van der Waals surface area contributed by atoms with Gasteiger partial charge in [-0.05, 0) is 18.2 Å². The number of fused-ring (bicyclic) bond motifs is 3. The van der Waals surface area contributed by atoms with Gasteiger partial charge in [-0.15, -0.1) is 0 Å². The fourth-order valence-corrected chi connectivity index (χ4v) is 3.65. The van der Waals surface area contributed by atoms with Crippen LogP contribution in [0.4, 0.5) is 0 Å². The van der Waals surface area contributed by atoms with Crippen LogP contribution in [-0.4, -0.2) is 79.3 Å². The summed E-state index contributed by atoms with van der Waals surface area (Å²) in [5, 5.41) is 9.60. The van der Waals surface area contributed by atoms with Crippen molar-refractivity contribution < 1.29 is 24.2 Å². The SMILES string of the molecule is COc1ccc(Cl)cc1C(=O)N1C[C@@H]2COC[C@H](C1)N(CC(=O)O)C2. The van der Waals surface area contributed by atoms with Crippen molar-refractivity contribution in [3.8, 4) is 5.75 Å². The number of ether oxygens (including phenoxy) is 2. The van der Waals surface area contributed by atoms with Crippen molar-refractivity contribution in [3.63, 3.8) is 0 Å². The molecular weight excluding hydrogens is 348 g/mol. The second-order valence-corrected chi connectivity index (χ2v) is 6.87. The number of halogens is 1. The van der Waals surface area contributed by atoms with E-state index < -0.39 is 5.97 Å². The molecule has 0 aliphatic carbocycles. The van der Waals surface area contributed by atoms with Crippen LogP contribution in [0.5, 0.6) is 5.75 Å². The molecule has 1 aromatic rings. The summed E-state index contributed by atoms with van der Waals surface area (Å²) in [4.78, 5) is 27.8. The van der Waals surface area contributed by atoms with Crippen LogP contribution in [0.25, 0.3) is 0 Å². The third kappa shape index (κ3) is 4.05. The van der Waals surface area contributed by atoms with E-state index in [2.05, 4.69) is 0 Å². The Morgan fingerprint density at radius 2 is 2.12 bits per heavy atom. The van der Waals surface area contributed by atoms with Gasteiger partial charge in [0, 0.05) is 30.6 Å². The number of amides is 1. The zero-order valence-corrected chi connectivity index (χ0v) is 14.7. The van der Waals surface area contributed by atoms with Gasteiger partial charge in [0.1, 0.15) is 5.75 Å². The Morgan fingerprint density at radius 3 is 2.84 bits per heavy atom. The maximum absolute atomic E-state index is 13.1. The van der Waals surface area contributed by atoms with E-state index >= 15 is 0 Å². The molecule has 1 amide bonds. The lowest BCUT2D eigenvalue weighted by atomic mass is 10.1. The Labute approximate surface area is 151 Å². The number of carboxylic acid groups (broad SMARTS) is 1. The molecule has 2 aliphatic rings. The monoisotopic (exact) mass is 368 g/mol. The molecule has 136 valence electrons. The molecule has 2 bridgehead atoms. The van der Waals surface area contributed by atoms with Gasteiger partial charge in [-0.3, -0.25) is 14.5 Å². The van der Waals surface area contributed by atoms with Crippen LogP contribution in [0.3, 0.4) is 0 Å². The largest absolute Gasteiger partial charge is 0.496 e. The smallest absolute Gasteiger partial charge is 0.317 e. The highest BCUT2D eigenvalue weighted by molar-refractivity contribution is 6.31. The van der Waals surface area contributed by atoms with E-state index in [1.54, 1.807) is 23.1 Å². The third-order valence-corrected chi connectivity index (χ3v) is 4.84.